The topological polar surface area (TPSA) is 110 Å². The van der Waals surface area contributed by atoms with Gasteiger partial charge in [0.15, 0.2) is 0 Å². The molecule has 2 aromatic rings. The van der Waals surface area contributed by atoms with Crippen molar-refractivity contribution in [3.63, 3.8) is 0 Å². The summed E-state index contributed by atoms with van der Waals surface area (Å²) >= 11 is 0. The van der Waals surface area contributed by atoms with Crippen molar-refractivity contribution in [1.29, 1.82) is 0 Å². The van der Waals surface area contributed by atoms with Gasteiger partial charge in [0, 0.05) is 25.5 Å². The summed E-state index contributed by atoms with van der Waals surface area (Å²) < 4.78 is 0. The largest absolute Gasteiger partial charge is 0.378 e. The molecule has 0 aliphatic rings. The quantitative estimate of drug-likeness (QED) is 0.645. The van der Waals surface area contributed by atoms with Crippen molar-refractivity contribution in [2.45, 2.75) is 0 Å². The molecule has 0 bridgehead atoms. The molecule has 0 amide bonds. The van der Waals surface area contributed by atoms with Crippen LogP contribution in [0.5, 0.6) is 0 Å². The van der Waals surface area contributed by atoms with Crippen molar-refractivity contribution >= 4 is 28.8 Å². The van der Waals surface area contributed by atoms with Crippen molar-refractivity contribution in [3.8, 4) is 0 Å². The highest BCUT2D eigenvalue weighted by molar-refractivity contribution is 5.61. The minimum absolute atomic E-state index is 0.169. The van der Waals surface area contributed by atoms with E-state index in [0.717, 1.165) is 17.6 Å². The number of nitrogen functional groups attached to an aromatic ring is 1. The van der Waals surface area contributed by atoms with Crippen LogP contribution in [0, 0.1) is 10.1 Å². The first-order chi connectivity index (χ1) is 9.47. The number of nitrogens with one attached hydrogen (secondary N) is 1. The fourth-order valence-electron chi connectivity index (χ4n) is 1.56. The van der Waals surface area contributed by atoms with E-state index in [9.17, 15) is 10.1 Å². The summed E-state index contributed by atoms with van der Waals surface area (Å²) in [6.45, 7) is 0. The zero-order chi connectivity index (χ0) is 14.7. The summed E-state index contributed by atoms with van der Waals surface area (Å²) in [5, 5.41) is 13.5. The molecule has 20 heavy (non-hydrogen) atoms. The second-order valence-electron chi connectivity index (χ2n) is 4.29. The average Bonchev–Trinajstić information content (AvgIpc) is 2.39. The first-order valence-electron chi connectivity index (χ1n) is 5.78. The number of nitrogens with zero attached hydrogens (tertiary/aromatic N) is 4. The molecule has 0 fully saturated rings. The number of rotatable bonds is 4. The van der Waals surface area contributed by atoms with E-state index in [1.54, 1.807) is 0 Å². The number of hydrogen-bond donors (Lipinski definition) is 2. The Morgan fingerprint density at radius 3 is 2.45 bits per heavy atom. The highest BCUT2D eigenvalue weighted by atomic mass is 16.6. The SMILES string of the molecule is CN(C)c1ccc(Nc2ncc([N+](=O)[O-])c(N)n2)cc1. The Labute approximate surface area is 115 Å². The van der Waals surface area contributed by atoms with Gasteiger partial charge >= 0.3 is 5.69 Å². The van der Waals surface area contributed by atoms with Crippen LogP contribution < -0.4 is 16.0 Å². The number of benzene rings is 1. The van der Waals surface area contributed by atoms with E-state index < -0.39 is 4.92 Å². The Balaban J connectivity index is 2.17. The van der Waals surface area contributed by atoms with Crippen LogP contribution in [0.25, 0.3) is 0 Å². The Morgan fingerprint density at radius 2 is 1.95 bits per heavy atom. The third-order valence-electron chi connectivity index (χ3n) is 2.63. The zero-order valence-electron chi connectivity index (χ0n) is 11.1. The van der Waals surface area contributed by atoms with Gasteiger partial charge in [0.2, 0.25) is 11.8 Å². The maximum absolute atomic E-state index is 10.6. The molecule has 0 aliphatic carbocycles. The Hall–Kier alpha value is -2.90. The summed E-state index contributed by atoms with van der Waals surface area (Å²) in [7, 11) is 3.89. The molecule has 0 radical (unpaired) electrons. The van der Waals surface area contributed by atoms with Crippen LogP contribution in [0.15, 0.2) is 30.5 Å². The summed E-state index contributed by atoms with van der Waals surface area (Å²) in [6.07, 6.45) is 1.08. The third-order valence-corrected chi connectivity index (χ3v) is 2.63. The van der Waals surface area contributed by atoms with Gasteiger partial charge < -0.3 is 16.0 Å². The van der Waals surface area contributed by atoms with E-state index in [-0.39, 0.29) is 17.5 Å². The van der Waals surface area contributed by atoms with E-state index >= 15 is 0 Å². The van der Waals surface area contributed by atoms with Crippen LogP contribution in [0.2, 0.25) is 0 Å². The standard InChI is InChI=1S/C12H14N6O2/c1-17(2)9-5-3-8(4-6-9)15-12-14-7-10(18(19)20)11(13)16-12/h3-7H,1-2H3,(H3,13,14,15,16). The summed E-state index contributed by atoms with van der Waals surface area (Å²) in [5.41, 5.74) is 7.02. The van der Waals surface area contributed by atoms with Gasteiger partial charge in [-0.25, -0.2) is 4.98 Å². The predicted octanol–water partition coefficient (Wildman–Crippen LogP) is 1.78. The van der Waals surface area contributed by atoms with E-state index in [2.05, 4.69) is 15.3 Å². The lowest BCUT2D eigenvalue weighted by Crippen LogP contribution is -2.08. The molecular formula is C12H14N6O2. The second kappa shape index (κ2) is 5.39. The number of nitro groups is 1. The van der Waals surface area contributed by atoms with Crippen LogP contribution in [0.3, 0.4) is 0 Å². The fourth-order valence-corrected chi connectivity index (χ4v) is 1.56. The van der Waals surface area contributed by atoms with Crippen LogP contribution in [-0.4, -0.2) is 29.0 Å². The maximum atomic E-state index is 10.6. The Kier molecular flexibility index (Phi) is 3.65. The molecule has 1 aromatic carbocycles. The lowest BCUT2D eigenvalue weighted by Gasteiger charge is -2.13. The van der Waals surface area contributed by atoms with E-state index in [0.29, 0.717) is 0 Å². The smallest absolute Gasteiger partial charge is 0.329 e. The molecule has 0 saturated carbocycles. The minimum atomic E-state index is -0.620. The van der Waals surface area contributed by atoms with Crippen molar-refractivity contribution < 1.29 is 4.92 Å². The molecule has 0 saturated heterocycles. The molecule has 1 heterocycles. The lowest BCUT2D eigenvalue weighted by molar-refractivity contribution is -0.384. The summed E-state index contributed by atoms with van der Waals surface area (Å²) in [4.78, 5) is 19.7. The lowest BCUT2D eigenvalue weighted by atomic mass is 10.2. The average molecular weight is 274 g/mol. The maximum Gasteiger partial charge on any atom is 0.329 e. The molecule has 0 atom stereocenters. The molecule has 2 rings (SSSR count). The summed E-state index contributed by atoms with van der Waals surface area (Å²) in [5.74, 6) is 0.0446. The van der Waals surface area contributed by atoms with Gasteiger partial charge in [-0.3, -0.25) is 10.1 Å². The molecule has 3 N–H and O–H groups in total. The first kappa shape index (κ1) is 13.5. The van der Waals surface area contributed by atoms with E-state index in [1.807, 2.05) is 43.3 Å². The van der Waals surface area contributed by atoms with Gasteiger partial charge in [-0.2, -0.15) is 4.98 Å². The zero-order valence-corrected chi connectivity index (χ0v) is 11.1. The van der Waals surface area contributed by atoms with Crippen LogP contribution >= 0.6 is 0 Å². The van der Waals surface area contributed by atoms with Crippen LogP contribution in [0.1, 0.15) is 0 Å². The number of anilines is 4. The van der Waals surface area contributed by atoms with Gasteiger partial charge in [0.05, 0.1) is 4.92 Å². The van der Waals surface area contributed by atoms with Crippen molar-refractivity contribution in [2.75, 3.05) is 30.0 Å². The van der Waals surface area contributed by atoms with Gasteiger partial charge in [0.25, 0.3) is 0 Å². The normalized spacial score (nSPS) is 10.1. The molecular weight excluding hydrogens is 260 g/mol. The van der Waals surface area contributed by atoms with Crippen molar-refractivity contribution in [2.24, 2.45) is 0 Å². The molecule has 8 heteroatoms. The number of hydrogen-bond acceptors (Lipinski definition) is 7. The third kappa shape index (κ3) is 2.91. The molecule has 0 spiro atoms. The van der Waals surface area contributed by atoms with Crippen molar-refractivity contribution in [1.82, 2.24) is 9.97 Å². The highest BCUT2D eigenvalue weighted by Crippen LogP contribution is 2.21. The van der Waals surface area contributed by atoms with Gasteiger partial charge in [-0.1, -0.05) is 0 Å². The minimum Gasteiger partial charge on any atom is -0.378 e. The number of nitrogens with two attached hydrogens (primary N) is 1. The van der Waals surface area contributed by atoms with Gasteiger partial charge in [0.1, 0.15) is 6.20 Å². The first-order valence-corrected chi connectivity index (χ1v) is 5.78. The van der Waals surface area contributed by atoms with Gasteiger partial charge in [-0.05, 0) is 24.3 Å². The van der Waals surface area contributed by atoms with Gasteiger partial charge in [-0.15, -0.1) is 0 Å². The predicted molar refractivity (Wildman–Crippen MR) is 77.2 cm³/mol. The number of aromatic nitrogens is 2. The molecule has 0 unspecified atom stereocenters. The second-order valence-corrected chi connectivity index (χ2v) is 4.29. The van der Waals surface area contributed by atoms with Crippen LogP contribution in [-0.2, 0) is 0 Å². The fraction of sp³-hybridized carbons (Fsp3) is 0.167. The van der Waals surface area contributed by atoms with Crippen molar-refractivity contribution in [3.05, 3.63) is 40.6 Å². The summed E-state index contributed by atoms with van der Waals surface area (Å²) in [6, 6.07) is 7.57. The Bertz CT molecular complexity index is 626. The molecule has 0 aliphatic heterocycles. The highest BCUT2D eigenvalue weighted by Gasteiger charge is 2.14. The monoisotopic (exact) mass is 274 g/mol. The molecule has 8 nitrogen and oxygen atoms in total. The molecule has 1 aromatic heterocycles. The molecule has 104 valence electrons. The Morgan fingerprint density at radius 1 is 1.30 bits per heavy atom. The van der Waals surface area contributed by atoms with Crippen LogP contribution in [0.4, 0.5) is 28.8 Å². The van der Waals surface area contributed by atoms with E-state index in [4.69, 9.17) is 5.73 Å². The van der Waals surface area contributed by atoms with E-state index in [1.165, 1.54) is 0 Å².